The third kappa shape index (κ3) is 12.7. The minimum absolute atomic E-state index is 0. The average Bonchev–Trinajstić information content (AvgIpc) is 2.11. The summed E-state index contributed by atoms with van der Waals surface area (Å²) in [5, 5.41) is 1.12. The minimum atomic E-state index is 0. The van der Waals surface area contributed by atoms with E-state index in [1.165, 1.54) is 56.1 Å². The van der Waals surface area contributed by atoms with E-state index in [0.717, 1.165) is 5.33 Å². The van der Waals surface area contributed by atoms with Crippen LogP contribution in [0.15, 0.2) is 0 Å². The second-order valence-electron chi connectivity index (χ2n) is 4.84. The number of alkyl halides is 1. The minimum Gasteiger partial charge on any atom is -1.00 e. The lowest BCUT2D eigenvalue weighted by molar-refractivity contribution is -0.887. The van der Waals surface area contributed by atoms with Gasteiger partial charge in [0.05, 0.1) is 32.5 Å². The summed E-state index contributed by atoms with van der Waals surface area (Å²) in [4.78, 5) is 0. The van der Waals surface area contributed by atoms with Gasteiger partial charge in [-0.25, -0.2) is 0 Å². The van der Waals surface area contributed by atoms with E-state index in [9.17, 15) is 0 Å². The van der Waals surface area contributed by atoms with Crippen LogP contribution in [0.25, 0.3) is 0 Å². The summed E-state index contributed by atoms with van der Waals surface area (Å²) < 4.78 is 1.17. The third-order valence-corrected chi connectivity index (χ3v) is 3.16. The van der Waals surface area contributed by atoms with E-state index >= 15 is 0 Å². The Kier molecular flexibility index (Phi) is 13.5. The van der Waals surface area contributed by atoms with E-state index in [4.69, 9.17) is 0 Å². The Bertz CT molecular complexity index is 129. The summed E-state index contributed by atoms with van der Waals surface area (Å²) in [5.74, 6) is 0. The van der Waals surface area contributed by atoms with Gasteiger partial charge in [0.15, 0.2) is 0 Å². The van der Waals surface area contributed by atoms with Crippen LogP contribution in [0.2, 0.25) is 0 Å². The highest BCUT2D eigenvalue weighted by Gasteiger charge is 2.12. The molecular weight excluding hydrogens is 273 g/mol. The molecule has 0 amide bonds. The highest BCUT2D eigenvalue weighted by atomic mass is 79.9. The number of quaternary nitrogens is 1. The van der Waals surface area contributed by atoms with Crippen molar-refractivity contribution in [3.05, 3.63) is 0 Å². The summed E-state index contributed by atoms with van der Waals surface area (Å²) in [6.45, 7) is 4.85. The van der Waals surface area contributed by atoms with E-state index in [0.29, 0.717) is 0 Å². The topological polar surface area (TPSA) is 0 Å². The monoisotopic (exact) mass is 299 g/mol. The molecule has 1 nitrogen and oxygen atoms in total. The molecule has 0 aromatic carbocycles. The molecule has 0 heterocycles. The van der Waals surface area contributed by atoms with Crippen molar-refractivity contribution < 1.29 is 16.9 Å². The van der Waals surface area contributed by atoms with Crippen LogP contribution in [-0.4, -0.2) is 37.0 Å². The maximum atomic E-state index is 3.51. The smallest absolute Gasteiger partial charge is 0.0880 e. The first kappa shape index (κ1) is 18.1. The molecule has 3 heteroatoms. The number of unbranched alkanes of at least 4 members (excludes halogenated alkanes) is 5. The van der Waals surface area contributed by atoms with Gasteiger partial charge in [0.2, 0.25) is 0 Å². The summed E-state index contributed by atoms with van der Waals surface area (Å²) in [7, 11) is 4.65. The average molecular weight is 301 g/mol. The molecule has 0 unspecified atom stereocenters. The van der Waals surface area contributed by atoms with Gasteiger partial charge >= 0.3 is 0 Å². The summed E-state index contributed by atoms with van der Waals surface area (Å²) in [6, 6.07) is 0. The van der Waals surface area contributed by atoms with Crippen molar-refractivity contribution in [2.24, 2.45) is 0 Å². The highest BCUT2D eigenvalue weighted by molar-refractivity contribution is 9.09. The molecule has 0 bridgehead atoms. The van der Waals surface area contributed by atoms with Crippen molar-refractivity contribution in [1.82, 2.24) is 0 Å². The summed E-state index contributed by atoms with van der Waals surface area (Å²) in [6.07, 6.45) is 8.45. The number of hydrogen-bond donors (Lipinski definition) is 0. The molecule has 0 aliphatic heterocycles. The first-order chi connectivity index (χ1) is 6.62. The van der Waals surface area contributed by atoms with Gasteiger partial charge in [-0.15, -0.1) is 0 Å². The molecule has 0 radical (unpaired) electrons. The van der Waals surface area contributed by atoms with Gasteiger partial charge in [0.25, 0.3) is 0 Å². The molecule has 15 heavy (non-hydrogen) atoms. The second-order valence-corrected chi connectivity index (χ2v) is 5.63. The molecule has 0 aliphatic carbocycles. The fraction of sp³-hybridized carbons (Fsp3) is 1.00. The first-order valence-corrected chi connectivity index (χ1v) is 7.12. The van der Waals surface area contributed by atoms with E-state index in [2.05, 4.69) is 36.9 Å². The first-order valence-electron chi connectivity index (χ1n) is 6.00. The Morgan fingerprint density at radius 2 is 1.40 bits per heavy atom. The van der Waals surface area contributed by atoms with E-state index < -0.39 is 0 Å². The molecule has 0 aromatic rings. The zero-order chi connectivity index (χ0) is 10.9. The predicted molar refractivity (Wildman–Crippen MR) is 69.0 cm³/mol. The number of hydrogen-bond acceptors (Lipinski definition) is 0. The van der Waals surface area contributed by atoms with Gasteiger partial charge in [0.1, 0.15) is 0 Å². The second kappa shape index (κ2) is 11.2. The third-order valence-electron chi connectivity index (χ3n) is 2.81. The molecule has 0 aromatic heterocycles. The molecule has 0 saturated carbocycles. The molecule has 0 aliphatic rings. The van der Waals surface area contributed by atoms with Gasteiger partial charge in [-0.3, -0.25) is 0 Å². The van der Waals surface area contributed by atoms with Gasteiger partial charge < -0.3 is 16.9 Å². The predicted octanol–water partition coefficient (Wildman–Crippen LogP) is 0.822. The number of rotatable bonds is 9. The van der Waals surface area contributed by atoms with E-state index in [-0.39, 0.29) is 12.4 Å². The van der Waals surface area contributed by atoms with Crippen molar-refractivity contribution in [2.45, 2.75) is 45.4 Å². The lowest BCUT2D eigenvalue weighted by atomic mass is 10.1. The van der Waals surface area contributed by atoms with Crippen molar-refractivity contribution in [3.8, 4) is 0 Å². The lowest BCUT2D eigenvalue weighted by Gasteiger charge is -2.29. The summed E-state index contributed by atoms with van der Waals surface area (Å²) >= 11 is 3.51. The van der Waals surface area contributed by atoms with Crippen LogP contribution in [-0.2, 0) is 0 Å². The molecule has 0 fully saturated rings. The molecule has 94 valence electrons. The van der Waals surface area contributed by atoms with E-state index in [1.807, 2.05) is 0 Å². The van der Waals surface area contributed by atoms with Crippen LogP contribution in [0.4, 0.5) is 0 Å². The molecule has 0 atom stereocenters. The summed E-state index contributed by atoms with van der Waals surface area (Å²) in [5.41, 5.74) is 0. The molecule has 0 rings (SSSR count). The number of nitrogens with zero attached hydrogens (tertiary/aromatic N) is 1. The van der Waals surface area contributed by atoms with Crippen molar-refractivity contribution >= 4 is 15.9 Å². The Labute approximate surface area is 111 Å². The Morgan fingerprint density at radius 3 is 1.93 bits per heavy atom. The van der Waals surface area contributed by atoms with Gasteiger partial charge in [-0.05, 0) is 12.8 Å². The maximum absolute atomic E-state index is 3.51. The van der Waals surface area contributed by atoms with Crippen LogP contribution in [0.5, 0.6) is 0 Å². The maximum Gasteiger partial charge on any atom is 0.0880 e. The Hall–Kier alpha value is 0.730. The Balaban J connectivity index is 0. The van der Waals surface area contributed by atoms with Crippen molar-refractivity contribution in [2.75, 3.05) is 32.5 Å². The SMILES string of the molecule is CCCCCCCC[N+](C)(C)CCBr.[Cl-]. The fourth-order valence-corrected chi connectivity index (χ4v) is 2.62. The standard InChI is InChI=1S/C12H27BrN.ClH/c1-4-5-6-7-8-9-11-14(2,3)12-10-13;/h4-12H2,1-3H3;1H/q+1;/p-1. The highest BCUT2D eigenvalue weighted by Crippen LogP contribution is 2.08. The number of halogens is 2. The van der Waals surface area contributed by atoms with Crippen LogP contribution < -0.4 is 12.4 Å². The van der Waals surface area contributed by atoms with Crippen LogP contribution in [0.3, 0.4) is 0 Å². The lowest BCUT2D eigenvalue weighted by Crippen LogP contribution is -3.00. The van der Waals surface area contributed by atoms with Gasteiger partial charge in [-0.1, -0.05) is 48.5 Å². The molecule has 0 N–H and O–H groups in total. The largest absolute Gasteiger partial charge is 1.00 e. The molecular formula is C12H27BrClN. The van der Waals surface area contributed by atoms with Crippen LogP contribution in [0.1, 0.15) is 45.4 Å². The van der Waals surface area contributed by atoms with Gasteiger partial charge in [0, 0.05) is 0 Å². The quantitative estimate of drug-likeness (QED) is 0.336. The normalized spacial score (nSPS) is 11.2. The Morgan fingerprint density at radius 1 is 0.867 bits per heavy atom. The van der Waals surface area contributed by atoms with Crippen LogP contribution in [0, 0.1) is 0 Å². The molecule has 0 spiro atoms. The molecule has 0 saturated heterocycles. The zero-order valence-electron chi connectivity index (χ0n) is 10.6. The van der Waals surface area contributed by atoms with Gasteiger partial charge in [-0.2, -0.15) is 0 Å². The van der Waals surface area contributed by atoms with Crippen molar-refractivity contribution in [1.29, 1.82) is 0 Å². The fourth-order valence-electron chi connectivity index (χ4n) is 1.66. The zero-order valence-corrected chi connectivity index (χ0v) is 12.9. The van der Waals surface area contributed by atoms with E-state index in [1.54, 1.807) is 0 Å². The van der Waals surface area contributed by atoms with Crippen molar-refractivity contribution in [3.63, 3.8) is 0 Å². The van der Waals surface area contributed by atoms with Crippen LogP contribution >= 0.6 is 15.9 Å².